The molecule has 2 amide bonds. The van der Waals surface area contributed by atoms with Gasteiger partial charge in [0.1, 0.15) is 57.5 Å². The van der Waals surface area contributed by atoms with Crippen molar-refractivity contribution in [1.82, 2.24) is 9.97 Å². The first-order valence-corrected chi connectivity index (χ1v) is 26.3. The van der Waals surface area contributed by atoms with Gasteiger partial charge in [-0.15, -0.1) is 22.7 Å². The molecule has 2 saturated carbocycles. The van der Waals surface area contributed by atoms with Crippen LogP contribution in [0.4, 0.5) is 30.7 Å². The number of Topliss-reactive ketones (excluding diaryl/α,β-unsaturated/α-hetero) is 1. The van der Waals surface area contributed by atoms with Gasteiger partial charge in [0, 0.05) is 39.7 Å². The number of halogens is 7. The molecule has 0 saturated heterocycles. The summed E-state index contributed by atoms with van der Waals surface area (Å²) in [4.78, 5) is 41.8. The first kappa shape index (κ1) is 60.1. The summed E-state index contributed by atoms with van der Waals surface area (Å²) < 4.78 is 128. The predicted octanol–water partition coefficient (Wildman–Crippen LogP) is 13.2. The number of aromatic nitrogens is 2. The van der Waals surface area contributed by atoms with Crippen LogP contribution in [-0.2, 0) is 52.7 Å². The quantitative estimate of drug-likeness (QED) is 0.0392. The second-order valence-electron chi connectivity index (χ2n) is 17.3. The number of rotatable bonds is 12. The Kier molecular flexibility index (Phi) is 21.5. The third kappa shape index (κ3) is 15.7. The second-order valence-corrected chi connectivity index (χ2v) is 21.1. The molecule has 0 unspecified atom stereocenters. The van der Waals surface area contributed by atoms with E-state index in [4.69, 9.17) is 20.9 Å². The van der Waals surface area contributed by atoms with Gasteiger partial charge >= 0.3 is 15.6 Å². The van der Waals surface area contributed by atoms with Crippen LogP contribution in [0.3, 0.4) is 0 Å². The minimum atomic E-state index is -5.45. The number of hydrogen-bond donors (Lipinski definition) is 2. The molecule has 2 heterocycles. The van der Waals surface area contributed by atoms with Crippen molar-refractivity contribution in [2.24, 2.45) is 11.5 Å². The van der Waals surface area contributed by atoms with E-state index in [2.05, 4.69) is 50.6 Å². The van der Waals surface area contributed by atoms with E-state index in [1.807, 2.05) is 6.07 Å². The fourth-order valence-electron chi connectivity index (χ4n) is 8.43. The van der Waals surface area contributed by atoms with Gasteiger partial charge in [-0.25, -0.2) is 27.5 Å². The topological polar surface area (TPSA) is 191 Å². The van der Waals surface area contributed by atoms with Crippen LogP contribution in [-0.4, -0.2) is 41.5 Å². The van der Waals surface area contributed by atoms with Gasteiger partial charge in [-0.05, 0) is 135 Å². The van der Waals surface area contributed by atoms with Gasteiger partial charge in [-0.2, -0.15) is 21.6 Å². The number of amides is 2. The number of alkyl halides is 3. The molecular weight excluding hydrogens is 1140 g/mol. The number of ketones is 1. The molecule has 12 nitrogen and oxygen atoms in total. The number of benzene rings is 4. The Morgan fingerprint density at radius 3 is 1.63 bits per heavy atom. The molecule has 4 aliphatic rings. The summed E-state index contributed by atoms with van der Waals surface area (Å²) in [6, 6.07) is 16.7. The molecule has 0 bridgehead atoms. The van der Waals surface area contributed by atoms with Gasteiger partial charge in [0.15, 0.2) is 23.1 Å². The molecular formula is C52H52F7N4O8PdS3-. The molecule has 4 N–H and O–H groups in total. The van der Waals surface area contributed by atoms with Crippen molar-refractivity contribution >= 4 is 76.4 Å². The summed E-state index contributed by atoms with van der Waals surface area (Å²) in [5.41, 5.74) is 8.71. The number of carbonyl (C=O) groups is 3. The average molecular weight is 1200 g/mol. The van der Waals surface area contributed by atoms with Crippen molar-refractivity contribution in [2.45, 2.75) is 115 Å². The molecule has 0 spiro atoms. The third-order valence-electron chi connectivity index (χ3n) is 12.1. The molecule has 0 aliphatic heterocycles. The van der Waals surface area contributed by atoms with Crippen LogP contribution in [0.1, 0.15) is 138 Å². The Hall–Kier alpha value is -5.73. The zero-order chi connectivity index (χ0) is 52.5. The Morgan fingerprint density at radius 2 is 1.17 bits per heavy atom. The van der Waals surface area contributed by atoms with Gasteiger partial charge < -0.3 is 32.6 Å². The average Bonchev–Trinajstić information content (AvgIpc) is 4.20. The maximum Gasteiger partial charge on any atom is 0.534 e. The Balaban J connectivity index is 0.000000204. The summed E-state index contributed by atoms with van der Waals surface area (Å²) in [5, 5.41) is 1.34. The maximum atomic E-state index is 14.2. The standard InChI is InChI=1S/C20H18F2N2O2S.C20H16F2N2O2S.C6H7F3O3S.C5H8O.CH3.Pd/c2*21-13-6-7-15(19(22)18(13)20(23)25)26-10-17-24-14-9-12(5-8-16(14)27-17)11-3-1-2-4-11;7-6(8,9)13(10,11)12-5-3-1-2-4-5;6-5-3-1-2-4-5;;/h5-9,11H,1-4,10H2,(H2,23,25);3,5-9H,1-2,4,10H2,(H2,23,25);3H,1-2,4H2;1-4H2;1H3;/q;;;;-1;. The molecule has 2 fully saturated rings. The molecule has 75 heavy (non-hydrogen) atoms. The van der Waals surface area contributed by atoms with E-state index in [0.29, 0.717) is 34.6 Å². The first-order valence-electron chi connectivity index (χ1n) is 23.3. The zero-order valence-electron chi connectivity index (χ0n) is 40.3. The molecule has 10 rings (SSSR count). The molecule has 406 valence electrons. The van der Waals surface area contributed by atoms with Gasteiger partial charge in [-0.3, -0.25) is 14.4 Å². The summed E-state index contributed by atoms with van der Waals surface area (Å²) in [6.45, 7) is 0.0387. The SMILES string of the molecule is NC(=O)c1c(F)ccc(OCc2nc3cc(C4=CCCC4)ccc3s2)c1F.NC(=O)c1c(F)ccc(OCc2nc3cc(C4CCCC4)ccc3s2)c1F.O=C1CCCC1.O=S(=O)(OC1=CCCC1)C(F)(F)F.[CH3-].[Pd]. The van der Waals surface area contributed by atoms with E-state index in [9.17, 15) is 53.5 Å². The third-order valence-corrected chi connectivity index (χ3v) is 15.1. The van der Waals surface area contributed by atoms with Gasteiger partial charge in [0.2, 0.25) is 0 Å². The number of hydrogen-bond acceptors (Lipinski definition) is 12. The summed E-state index contributed by atoms with van der Waals surface area (Å²) in [6.07, 6.45) is 17.4. The Labute approximate surface area is 450 Å². The second kappa shape index (κ2) is 26.8. The van der Waals surface area contributed by atoms with E-state index in [0.717, 1.165) is 83.2 Å². The number of thiazole rings is 2. The van der Waals surface area contributed by atoms with E-state index in [1.165, 1.54) is 77.6 Å². The van der Waals surface area contributed by atoms with Crippen LogP contribution in [0.15, 0.2) is 78.6 Å². The molecule has 0 atom stereocenters. The zero-order valence-corrected chi connectivity index (χ0v) is 44.3. The largest absolute Gasteiger partial charge is 0.534 e. The fraction of sp³-hybridized carbons (Fsp3) is 0.346. The summed E-state index contributed by atoms with van der Waals surface area (Å²) >= 11 is 2.91. The van der Waals surface area contributed by atoms with Crippen LogP contribution < -0.4 is 20.9 Å². The van der Waals surface area contributed by atoms with E-state index < -0.39 is 61.8 Å². The Bertz CT molecular complexity index is 3190. The van der Waals surface area contributed by atoms with Crippen molar-refractivity contribution in [3.05, 3.63) is 142 Å². The normalized spacial score (nSPS) is 15.3. The first-order chi connectivity index (χ1) is 34.8. The maximum absolute atomic E-state index is 14.2. The van der Waals surface area contributed by atoms with Gasteiger partial charge in [0.05, 0.1) is 20.4 Å². The molecule has 0 radical (unpaired) electrons. The molecule has 2 aromatic heterocycles. The predicted molar refractivity (Wildman–Crippen MR) is 269 cm³/mol. The van der Waals surface area contributed by atoms with Crippen molar-refractivity contribution in [1.29, 1.82) is 0 Å². The minimum Gasteiger partial charge on any atom is -0.483 e. The smallest absolute Gasteiger partial charge is 0.483 e. The van der Waals surface area contributed by atoms with Crippen LogP contribution >= 0.6 is 22.7 Å². The van der Waals surface area contributed by atoms with E-state index in [1.54, 1.807) is 0 Å². The number of nitrogens with two attached hydrogens (primary N) is 2. The number of primary amides is 2. The van der Waals surface area contributed by atoms with Crippen molar-refractivity contribution in [2.75, 3.05) is 0 Å². The van der Waals surface area contributed by atoms with Crippen LogP contribution in [0.2, 0.25) is 0 Å². The fourth-order valence-corrected chi connectivity index (χ4v) is 10.7. The summed E-state index contributed by atoms with van der Waals surface area (Å²) in [7, 11) is -5.45. The van der Waals surface area contributed by atoms with Crippen LogP contribution in [0.5, 0.6) is 11.5 Å². The number of nitrogens with zero attached hydrogens (tertiary/aromatic N) is 2. The number of fused-ring (bicyclic) bond motifs is 2. The van der Waals surface area contributed by atoms with Crippen molar-refractivity contribution in [3.63, 3.8) is 0 Å². The Morgan fingerprint density at radius 1 is 0.667 bits per heavy atom. The van der Waals surface area contributed by atoms with Gasteiger partial charge in [0.25, 0.3) is 11.8 Å². The molecule has 4 aromatic carbocycles. The monoisotopic (exact) mass is 1200 g/mol. The van der Waals surface area contributed by atoms with Crippen molar-refractivity contribution < 1.29 is 87.6 Å². The number of allylic oxidation sites excluding steroid dienone is 4. The van der Waals surface area contributed by atoms with Crippen LogP contribution in [0, 0.1) is 30.7 Å². The number of carbonyl (C=O) groups excluding carboxylic acids is 3. The number of ether oxygens (including phenoxy) is 2. The van der Waals surface area contributed by atoms with E-state index in [-0.39, 0.29) is 64.7 Å². The van der Waals surface area contributed by atoms with Crippen molar-refractivity contribution in [3.8, 4) is 11.5 Å². The summed E-state index contributed by atoms with van der Waals surface area (Å²) in [5.74, 6) is -6.07. The molecule has 4 aliphatic carbocycles. The van der Waals surface area contributed by atoms with Crippen LogP contribution in [0.25, 0.3) is 26.0 Å². The molecule has 23 heteroatoms. The molecule has 6 aromatic rings. The minimum absolute atomic E-state index is 0. The van der Waals surface area contributed by atoms with Gasteiger partial charge in [-0.1, -0.05) is 31.1 Å². The van der Waals surface area contributed by atoms with E-state index >= 15 is 0 Å².